The van der Waals surface area contributed by atoms with Gasteiger partial charge in [0, 0.05) is 0 Å². The van der Waals surface area contributed by atoms with E-state index >= 15 is 0 Å². The summed E-state index contributed by atoms with van der Waals surface area (Å²) < 4.78 is 28.2. The van der Waals surface area contributed by atoms with Crippen molar-refractivity contribution in [2.75, 3.05) is 5.75 Å². The molecule has 0 unspecified atom stereocenters. The average molecular weight is 231 g/mol. The summed E-state index contributed by atoms with van der Waals surface area (Å²) in [7, 11) is -3.72. The molecule has 0 aromatic rings. The molecule has 14 heavy (non-hydrogen) atoms. The summed E-state index contributed by atoms with van der Waals surface area (Å²) in [5.74, 6) is -0.164. The summed E-state index contributed by atoms with van der Waals surface area (Å²) in [6, 6.07) is 0. The Labute approximate surface area is 106 Å². The molecular weight excluding hydrogens is 217 g/mol. The molecule has 1 fully saturated rings. The first-order chi connectivity index (χ1) is 5.72. The molecule has 78 valence electrons. The number of carbonyl (C=O) groups excluding carboxylic acids is 1. The van der Waals surface area contributed by atoms with Gasteiger partial charge in [-0.1, -0.05) is 20.4 Å². The first kappa shape index (κ1) is 16.5. The Bertz CT molecular complexity index is 298. The third-order valence-corrected chi connectivity index (χ3v) is 2.11. The second-order valence-electron chi connectivity index (χ2n) is 3.08. The maximum absolute atomic E-state index is 10.00. The van der Waals surface area contributed by atoms with Crippen LogP contribution in [-0.2, 0) is 14.9 Å². The van der Waals surface area contributed by atoms with Crippen molar-refractivity contribution in [2.45, 2.75) is 13.8 Å². The van der Waals surface area contributed by atoms with Gasteiger partial charge in [-0.05, 0) is 5.92 Å². The van der Waals surface area contributed by atoms with Crippen LogP contribution < -0.4 is 5.32 Å². The Morgan fingerprint density at radius 1 is 1.50 bits per heavy atom. The van der Waals surface area contributed by atoms with Gasteiger partial charge in [0.2, 0.25) is 0 Å². The minimum absolute atomic E-state index is 0. The number of rotatable bonds is 2. The quantitative estimate of drug-likeness (QED) is 0.290. The fraction of sp³-hybridized carbons (Fsp3) is 0.571. The molecule has 0 aromatic heterocycles. The second-order valence-corrected chi connectivity index (χ2v) is 4.57. The molecule has 1 heterocycles. The Balaban J connectivity index is 0. The fourth-order valence-electron chi connectivity index (χ4n) is 0.527. The van der Waals surface area contributed by atoms with Gasteiger partial charge in [0.25, 0.3) is 16.0 Å². The van der Waals surface area contributed by atoms with E-state index in [9.17, 15) is 13.2 Å². The van der Waals surface area contributed by atoms with Crippen LogP contribution in [0, 0.1) is 5.92 Å². The van der Waals surface area contributed by atoms with E-state index in [1.165, 1.54) is 0 Å². The predicted molar refractivity (Wildman–Crippen MR) is 55.7 cm³/mol. The Morgan fingerprint density at radius 2 is 1.79 bits per heavy atom. The van der Waals surface area contributed by atoms with E-state index in [0.29, 0.717) is 5.70 Å². The summed E-state index contributed by atoms with van der Waals surface area (Å²) in [5.41, 5.74) is 0.532. The Kier molecular flexibility index (Phi) is 7.77. The summed E-state index contributed by atoms with van der Waals surface area (Å²) in [4.78, 5) is 9.68. The molecule has 0 radical (unpaired) electrons. The van der Waals surface area contributed by atoms with Crippen molar-refractivity contribution in [3.63, 3.8) is 0 Å². The molecule has 5 nitrogen and oxygen atoms in total. The van der Waals surface area contributed by atoms with Crippen LogP contribution in [0.1, 0.15) is 13.8 Å². The molecule has 0 saturated carbocycles. The Morgan fingerprint density at radius 3 is 1.79 bits per heavy atom. The van der Waals surface area contributed by atoms with E-state index in [4.69, 9.17) is 4.55 Å². The van der Waals surface area contributed by atoms with Gasteiger partial charge in [0.1, 0.15) is 0 Å². The van der Waals surface area contributed by atoms with Gasteiger partial charge in [-0.25, -0.2) is 0 Å². The molecule has 2 N–H and O–H groups in total. The molecule has 1 aliphatic rings. The monoisotopic (exact) mass is 231 g/mol. The number of hydrogen-bond donors (Lipinski definition) is 2. The number of nitrogens with one attached hydrogen (secondary N) is 1. The van der Waals surface area contributed by atoms with Crippen LogP contribution in [0.25, 0.3) is 0 Å². The normalized spacial score (nSPS) is 13.7. The van der Waals surface area contributed by atoms with Gasteiger partial charge in [0.05, 0.1) is 11.4 Å². The van der Waals surface area contributed by atoms with Crippen molar-refractivity contribution < 1.29 is 17.8 Å². The first-order valence-electron chi connectivity index (χ1n) is 3.68. The third kappa shape index (κ3) is 12.1. The van der Waals surface area contributed by atoms with Gasteiger partial charge in [-0.15, -0.1) is 0 Å². The van der Waals surface area contributed by atoms with Crippen molar-refractivity contribution in [3.05, 3.63) is 12.3 Å². The van der Waals surface area contributed by atoms with E-state index in [-0.39, 0.29) is 47.1 Å². The summed E-state index contributed by atoms with van der Waals surface area (Å²) in [6.45, 7) is 6.75. The van der Waals surface area contributed by atoms with E-state index in [0.717, 1.165) is 0 Å². The van der Waals surface area contributed by atoms with Gasteiger partial charge in [-0.3, -0.25) is 9.35 Å². The SMILES string of the molecule is C=C1NC1=O.CC(C)CS(=O)(=O)O.[NaH]. The van der Waals surface area contributed by atoms with Crippen LogP contribution >= 0.6 is 0 Å². The van der Waals surface area contributed by atoms with Crippen LogP contribution in [0.2, 0.25) is 0 Å². The van der Waals surface area contributed by atoms with Gasteiger partial charge in [-0.2, -0.15) is 8.42 Å². The molecule has 0 aromatic carbocycles. The van der Waals surface area contributed by atoms with Gasteiger partial charge >= 0.3 is 29.6 Å². The fourth-order valence-corrected chi connectivity index (χ4v) is 1.37. The van der Waals surface area contributed by atoms with Crippen molar-refractivity contribution in [1.29, 1.82) is 0 Å². The van der Waals surface area contributed by atoms with Crippen LogP contribution in [0.15, 0.2) is 12.3 Å². The van der Waals surface area contributed by atoms with Crippen LogP contribution in [0.5, 0.6) is 0 Å². The van der Waals surface area contributed by atoms with Crippen molar-refractivity contribution in [2.24, 2.45) is 5.92 Å². The molecule has 1 saturated heterocycles. The third-order valence-electron chi connectivity index (χ3n) is 1.02. The molecule has 0 aliphatic carbocycles. The average Bonchev–Trinajstić information content (AvgIpc) is 2.38. The van der Waals surface area contributed by atoms with Crippen molar-refractivity contribution >= 4 is 45.6 Å². The predicted octanol–water partition coefficient (Wildman–Crippen LogP) is -0.488. The van der Waals surface area contributed by atoms with Crippen molar-refractivity contribution in [1.82, 2.24) is 5.32 Å². The zero-order valence-corrected chi connectivity index (χ0v) is 8.39. The second kappa shape index (κ2) is 6.58. The first-order valence-corrected chi connectivity index (χ1v) is 5.28. The summed E-state index contributed by atoms with van der Waals surface area (Å²) in [5, 5.41) is 2.36. The van der Waals surface area contributed by atoms with Crippen LogP contribution in [-0.4, -0.2) is 54.2 Å². The maximum atomic E-state index is 10.00. The molecule has 0 spiro atoms. The molecular formula is C7H14NNaO4S. The van der Waals surface area contributed by atoms with Crippen molar-refractivity contribution in [3.8, 4) is 0 Å². The zero-order chi connectivity index (χ0) is 10.6. The van der Waals surface area contributed by atoms with E-state index in [2.05, 4.69) is 11.9 Å². The minimum atomic E-state index is -3.72. The molecule has 0 bridgehead atoms. The molecule has 1 aliphatic heterocycles. The van der Waals surface area contributed by atoms with E-state index in [1.807, 2.05) is 0 Å². The van der Waals surface area contributed by atoms with E-state index in [1.54, 1.807) is 13.8 Å². The summed E-state index contributed by atoms with van der Waals surface area (Å²) in [6.07, 6.45) is 0. The number of carbonyl (C=O) groups is 1. The standard InChI is InChI=1S/C4H10O3S.C3H3NO.Na.H/c1-4(2)3-8(5,6)7;1-2-3(5)4-2;;/h4H,3H2,1-2H3,(H,5,6,7);1H2,(H,4,5);;. The Hall–Kier alpha value is 0.120. The molecule has 0 atom stereocenters. The zero-order valence-electron chi connectivity index (χ0n) is 7.57. The van der Waals surface area contributed by atoms with Crippen LogP contribution in [0.3, 0.4) is 0 Å². The molecule has 1 rings (SSSR count). The molecule has 1 amide bonds. The number of hydrogen-bond acceptors (Lipinski definition) is 3. The summed E-state index contributed by atoms with van der Waals surface area (Å²) >= 11 is 0. The van der Waals surface area contributed by atoms with E-state index < -0.39 is 10.1 Å². The number of amides is 1. The van der Waals surface area contributed by atoms with Crippen LogP contribution in [0.4, 0.5) is 0 Å². The van der Waals surface area contributed by atoms with Gasteiger partial charge < -0.3 is 5.32 Å². The van der Waals surface area contributed by atoms with Gasteiger partial charge in [0.15, 0.2) is 0 Å². The molecule has 7 heteroatoms. The topological polar surface area (TPSA) is 93.4 Å².